The van der Waals surface area contributed by atoms with Gasteiger partial charge < -0.3 is 15.6 Å². The van der Waals surface area contributed by atoms with Gasteiger partial charge in [0.1, 0.15) is 17.2 Å². The minimum Gasteiger partial charge on any atom is -0.508 e. The number of urea groups is 1. The number of amides is 6. The van der Waals surface area contributed by atoms with Gasteiger partial charge in [0.05, 0.1) is 18.9 Å². The smallest absolute Gasteiger partial charge is 0.328 e. The molecule has 236 valence electrons. The van der Waals surface area contributed by atoms with Gasteiger partial charge in [-0.05, 0) is 30.9 Å². The summed E-state index contributed by atoms with van der Waals surface area (Å²) in [5.41, 5.74) is 3.09. The molecule has 45 heavy (non-hydrogen) atoms. The number of nitrogens with zero attached hydrogens (tertiary/aromatic N) is 2. The highest BCUT2D eigenvalue weighted by atomic mass is 35.5. The van der Waals surface area contributed by atoms with Crippen molar-refractivity contribution < 1.29 is 55.8 Å². The average Bonchev–Trinajstić information content (AvgIpc) is 3.34. The Morgan fingerprint density at radius 3 is 2.13 bits per heavy atom. The van der Waals surface area contributed by atoms with E-state index in [9.17, 15) is 42.3 Å². The van der Waals surface area contributed by atoms with Crippen molar-refractivity contribution in [1.82, 2.24) is 4.90 Å². The van der Waals surface area contributed by atoms with Crippen LogP contribution in [0.3, 0.4) is 0 Å². The van der Waals surface area contributed by atoms with Crippen LogP contribution < -0.4 is 15.4 Å². The monoisotopic (exact) mass is 673 g/mol. The molecule has 3 fully saturated rings. The van der Waals surface area contributed by atoms with E-state index in [0.29, 0.717) is 0 Å². The summed E-state index contributed by atoms with van der Waals surface area (Å²) >= 11 is 13.9. The number of rotatable bonds is 3. The Kier molecular flexibility index (Phi) is 6.76. The summed E-state index contributed by atoms with van der Waals surface area (Å²) in [7, 11) is 1.17. The number of nitrogens with two attached hydrogens (primary N) is 1. The van der Waals surface area contributed by atoms with Crippen molar-refractivity contribution in [3.8, 4) is 11.5 Å². The third kappa shape index (κ3) is 3.64. The zero-order chi connectivity index (χ0) is 33.1. The predicted molar refractivity (Wildman–Crippen MR) is 143 cm³/mol. The normalized spacial score (nSPS) is 30.7. The van der Waals surface area contributed by atoms with E-state index in [0.717, 1.165) is 6.07 Å². The Morgan fingerprint density at radius 2 is 1.56 bits per heavy atom. The van der Waals surface area contributed by atoms with Crippen LogP contribution in [0.5, 0.6) is 11.5 Å². The molecule has 0 aromatic heterocycles. The van der Waals surface area contributed by atoms with E-state index in [1.54, 1.807) is 0 Å². The highest BCUT2D eigenvalue weighted by Crippen LogP contribution is 2.67. The molecule has 6 amide bonds. The van der Waals surface area contributed by atoms with Gasteiger partial charge in [-0.25, -0.2) is 31.6 Å². The summed E-state index contributed by atoms with van der Waals surface area (Å²) in [6.07, 6.45) is 0.375. The molecule has 6 rings (SSSR count). The second-order valence-electron chi connectivity index (χ2n) is 10.9. The Balaban J connectivity index is 1.64. The number of ether oxygens (including phenoxy) is 1. The molecule has 2 aliphatic carbocycles. The number of phenolic OH excluding ortho intramolecular Hbond substituents is 1. The summed E-state index contributed by atoms with van der Waals surface area (Å²) in [5.74, 6) is -24.4. The maximum Gasteiger partial charge on any atom is 0.328 e. The molecule has 10 nitrogen and oxygen atoms in total. The van der Waals surface area contributed by atoms with E-state index in [-0.39, 0.29) is 33.1 Å². The Labute approximate surface area is 259 Å². The van der Waals surface area contributed by atoms with Crippen LogP contribution in [0.25, 0.3) is 0 Å². The first-order valence-electron chi connectivity index (χ1n) is 13.1. The zero-order valence-electron chi connectivity index (χ0n) is 22.5. The lowest BCUT2D eigenvalue weighted by Gasteiger charge is -2.50. The number of methoxy groups -OCH3 is 1. The van der Waals surface area contributed by atoms with Crippen LogP contribution in [0.2, 0.25) is 0 Å². The first-order chi connectivity index (χ1) is 21.1. The number of primary amides is 1. The lowest BCUT2D eigenvalue weighted by molar-refractivity contribution is -0.136. The molecule has 3 N–H and O–H groups in total. The Hall–Kier alpha value is -4.24. The van der Waals surface area contributed by atoms with Crippen LogP contribution in [0.15, 0.2) is 29.8 Å². The average molecular weight is 674 g/mol. The largest absolute Gasteiger partial charge is 0.508 e. The SMILES string of the molecule is COc1cccc(O)c1C1C2=CCC3C(=O)N(C(N)=O)C(=O)C3C2CC2(Cl)C(=O)N(c3c(F)c(F)c(F)c(F)c3F)C(=O)C12Cl. The number of carbonyl (C=O) groups is 5. The summed E-state index contributed by atoms with van der Waals surface area (Å²) in [6, 6.07) is 2.42. The van der Waals surface area contributed by atoms with Gasteiger partial charge in [-0.2, -0.15) is 4.90 Å². The molecule has 0 radical (unpaired) electrons. The quantitative estimate of drug-likeness (QED) is 0.126. The topological polar surface area (TPSA) is 147 Å². The fraction of sp³-hybridized carbons (Fsp3) is 0.321. The third-order valence-corrected chi connectivity index (χ3v) is 10.4. The minimum absolute atomic E-state index is 0.0511. The highest BCUT2D eigenvalue weighted by Gasteiger charge is 2.77. The van der Waals surface area contributed by atoms with Crippen molar-refractivity contribution in [3.63, 3.8) is 0 Å². The number of benzene rings is 2. The Morgan fingerprint density at radius 1 is 0.956 bits per heavy atom. The van der Waals surface area contributed by atoms with Gasteiger partial charge in [-0.15, -0.1) is 23.2 Å². The predicted octanol–water partition coefficient (Wildman–Crippen LogP) is 3.74. The number of aromatic hydroxyl groups is 1. The van der Waals surface area contributed by atoms with Crippen LogP contribution in [0.1, 0.15) is 24.3 Å². The van der Waals surface area contributed by atoms with Gasteiger partial charge in [0.25, 0.3) is 11.8 Å². The maximum absolute atomic E-state index is 15.1. The summed E-state index contributed by atoms with van der Waals surface area (Å²) in [5, 5.41) is 11.0. The van der Waals surface area contributed by atoms with Gasteiger partial charge in [-0.1, -0.05) is 17.7 Å². The fourth-order valence-electron chi connectivity index (χ4n) is 7.10. The molecule has 1 saturated carbocycles. The first-order valence-corrected chi connectivity index (χ1v) is 13.8. The number of phenols is 1. The van der Waals surface area contributed by atoms with Gasteiger partial charge >= 0.3 is 6.03 Å². The van der Waals surface area contributed by atoms with Gasteiger partial charge in [0, 0.05) is 11.5 Å². The zero-order valence-corrected chi connectivity index (χ0v) is 24.1. The number of fused-ring (bicyclic) bond motifs is 4. The molecule has 2 aliphatic heterocycles. The molecule has 4 aliphatic rings. The lowest BCUT2D eigenvalue weighted by Crippen LogP contribution is -2.60. The van der Waals surface area contributed by atoms with E-state index < -0.39 is 110 Å². The van der Waals surface area contributed by atoms with Gasteiger partial charge in [-0.3, -0.25) is 19.2 Å². The lowest BCUT2D eigenvalue weighted by atomic mass is 9.56. The Bertz CT molecular complexity index is 1800. The second kappa shape index (κ2) is 9.88. The van der Waals surface area contributed by atoms with Crippen molar-refractivity contribution in [2.45, 2.75) is 28.5 Å². The van der Waals surface area contributed by atoms with E-state index >= 15 is 8.78 Å². The van der Waals surface area contributed by atoms with Gasteiger partial charge in [0.2, 0.25) is 17.6 Å². The number of hydrogen-bond acceptors (Lipinski definition) is 7. The third-order valence-electron chi connectivity index (χ3n) is 8.99. The van der Waals surface area contributed by atoms with E-state index in [2.05, 4.69) is 0 Å². The van der Waals surface area contributed by atoms with Gasteiger partial charge in [0.15, 0.2) is 33.0 Å². The number of imide groups is 4. The molecule has 0 bridgehead atoms. The maximum atomic E-state index is 15.1. The summed E-state index contributed by atoms with van der Waals surface area (Å²) < 4.78 is 78.0. The molecular formula is C28H18Cl2F5N3O7. The number of likely N-dealkylation sites (tertiary alicyclic amines) is 1. The first kappa shape index (κ1) is 30.8. The van der Waals surface area contributed by atoms with Crippen molar-refractivity contribution in [1.29, 1.82) is 0 Å². The number of hydrogen-bond donors (Lipinski definition) is 2. The van der Waals surface area contributed by atoms with Crippen molar-refractivity contribution in [3.05, 3.63) is 64.5 Å². The van der Waals surface area contributed by atoms with E-state index in [1.807, 2.05) is 0 Å². The van der Waals surface area contributed by atoms with Crippen LogP contribution in [0.4, 0.5) is 32.4 Å². The molecular weight excluding hydrogens is 656 g/mol. The summed E-state index contributed by atoms with van der Waals surface area (Å²) in [4.78, 5) is 60.9. The molecule has 2 saturated heterocycles. The molecule has 6 unspecified atom stereocenters. The minimum atomic E-state index is -2.86. The van der Waals surface area contributed by atoms with Crippen LogP contribution in [-0.2, 0) is 19.2 Å². The molecule has 2 aromatic rings. The number of halogens is 7. The fourth-order valence-corrected chi connectivity index (χ4v) is 8.02. The molecule has 2 aromatic carbocycles. The number of alkyl halides is 2. The molecule has 17 heteroatoms. The molecule has 0 spiro atoms. The van der Waals surface area contributed by atoms with E-state index in [1.165, 1.54) is 25.3 Å². The molecule has 6 atom stereocenters. The van der Waals surface area contributed by atoms with Crippen LogP contribution >= 0.6 is 23.2 Å². The standard InChI is InChI=1S/C28H18Cl2F5N3O7/c1-45-12-4-2-3-11(39)14(12)15-8-5-6-9-13(23(41)38(22(9)40)26(36)44)10(8)7-27(29)24(42)37(25(43)28(15,27)30)21-19(34)17(32)16(31)18(33)20(21)35/h2-5,9-10,13,15,39H,6-7H2,1H3,(H2,36,44). The molecule has 2 heterocycles. The number of anilines is 1. The number of allylic oxidation sites excluding steroid dienone is 2. The van der Waals surface area contributed by atoms with Crippen molar-refractivity contribution in [2.75, 3.05) is 12.0 Å². The second-order valence-corrected chi connectivity index (χ2v) is 12.2. The summed E-state index contributed by atoms with van der Waals surface area (Å²) in [6.45, 7) is 0. The van der Waals surface area contributed by atoms with Crippen molar-refractivity contribution >= 4 is 58.5 Å². The van der Waals surface area contributed by atoms with Crippen LogP contribution in [0, 0.1) is 46.8 Å². The number of carbonyl (C=O) groups excluding carboxylic acids is 5. The highest BCUT2D eigenvalue weighted by molar-refractivity contribution is 6.58. The van der Waals surface area contributed by atoms with Crippen molar-refractivity contribution in [2.24, 2.45) is 23.5 Å². The van der Waals surface area contributed by atoms with Crippen LogP contribution in [-0.4, -0.2) is 56.5 Å². The van der Waals surface area contributed by atoms with E-state index in [4.69, 9.17) is 33.7 Å².